The van der Waals surface area contributed by atoms with Gasteiger partial charge in [0, 0.05) is 17.8 Å². The normalized spacial score (nSPS) is 11.7. The SMILES string of the molecule is CC(C)c1ccc(NC(=O)[C@@H](C)OC(=O)c2cc([N+](=O)[O-])ccc2Cl)cc1. The maximum atomic E-state index is 12.2. The molecular weight excluding hydrogens is 372 g/mol. The Kier molecular flexibility index (Phi) is 6.52. The molecule has 2 aromatic rings. The van der Waals surface area contributed by atoms with E-state index in [1.165, 1.54) is 19.1 Å². The van der Waals surface area contributed by atoms with E-state index in [4.69, 9.17) is 16.3 Å². The molecule has 0 fully saturated rings. The number of non-ortho nitro benzene ring substituents is 1. The van der Waals surface area contributed by atoms with Gasteiger partial charge in [-0.05, 0) is 36.6 Å². The number of esters is 1. The molecule has 1 atom stereocenters. The summed E-state index contributed by atoms with van der Waals surface area (Å²) in [7, 11) is 0. The number of hydrogen-bond acceptors (Lipinski definition) is 5. The number of halogens is 1. The fraction of sp³-hybridized carbons (Fsp3) is 0.263. The van der Waals surface area contributed by atoms with Crippen molar-refractivity contribution in [2.45, 2.75) is 32.8 Å². The molecule has 0 saturated heterocycles. The van der Waals surface area contributed by atoms with Gasteiger partial charge in [0.05, 0.1) is 15.5 Å². The van der Waals surface area contributed by atoms with Gasteiger partial charge in [-0.25, -0.2) is 4.79 Å². The molecule has 0 bridgehead atoms. The van der Waals surface area contributed by atoms with Gasteiger partial charge >= 0.3 is 5.97 Å². The first kappa shape index (κ1) is 20.4. The Labute approximate surface area is 161 Å². The van der Waals surface area contributed by atoms with Crippen LogP contribution in [-0.4, -0.2) is 22.9 Å². The molecule has 0 aliphatic heterocycles. The van der Waals surface area contributed by atoms with E-state index in [9.17, 15) is 19.7 Å². The lowest BCUT2D eigenvalue weighted by molar-refractivity contribution is -0.384. The van der Waals surface area contributed by atoms with Crippen LogP contribution in [0, 0.1) is 10.1 Å². The zero-order valence-electron chi connectivity index (χ0n) is 15.1. The van der Waals surface area contributed by atoms with E-state index in [1.54, 1.807) is 12.1 Å². The Morgan fingerprint density at radius 1 is 1.11 bits per heavy atom. The summed E-state index contributed by atoms with van der Waals surface area (Å²) in [6.07, 6.45) is -1.11. The average Bonchev–Trinajstić information content (AvgIpc) is 2.62. The van der Waals surface area contributed by atoms with E-state index in [0.717, 1.165) is 11.6 Å². The number of rotatable bonds is 6. The van der Waals surface area contributed by atoms with Crippen molar-refractivity contribution in [3.05, 3.63) is 68.7 Å². The van der Waals surface area contributed by atoms with Gasteiger partial charge in [-0.15, -0.1) is 0 Å². The lowest BCUT2D eigenvalue weighted by atomic mass is 10.0. The summed E-state index contributed by atoms with van der Waals surface area (Å²) in [6.45, 7) is 5.53. The Bertz CT molecular complexity index is 865. The van der Waals surface area contributed by atoms with E-state index in [1.807, 2.05) is 12.1 Å². The summed E-state index contributed by atoms with van der Waals surface area (Å²) in [5.74, 6) is -1.07. The van der Waals surface area contributed by atoms with Crippen LogP contribution in [0.1, 0.15) is 42.6 Å². The van der Waals surface area contributed by atoms with E-state index < -0.39 is 22.9 Å². The molecule has 0 aliphatic carbocycles. The summed E-state index contributed by atoms with van der Waals surface area (Å²) >= 11 is 5.90. The fourth-order valence-electron chi connectivity index (χ4n) is 2.26. The van der Waals surface area contributed by atoms with Crippen LogP contribution in [0.15, 0.2) is 42.5 Å². The third-order valence-corrected chi connectivity index (χ3v) is 4.21. The number of benzene rings is 2. The molecule has 0 unspecified atom stereocenters. The van der Waals surface area contributed by atoms with E-state index in [0.29, 0.717) is 11.6 Å². The van der Waals surface area contributed by atoms with Crippen LogP contribution >= 0.6 is 11.6 Å². The van der Waals surface area contributed by atoms with Gasteiger partial charge in [0.1, 0.15) is 0 Å². The minimum Gasteiger partial charge on any atom is -0.449 e. The van der Waals surface area contributed by atoms with Crippen molar-refractivity contribution in [2.75, 3.05) is 5.32 Å². The molecule has 1 amide bonds. The highest BCUT2D eigenvalue weighted by molar-refractivity contribution is 6.33. The van der Waals surface area contributed by atoms with Crippen molar-refractivity contribution in [3.8, 4) is 0 Å². The molecule has 0 aromatic heterocycles. The van der Waals surface area contributed by atoms with Crippen LogP contribution < -0.4 is 5.32 Å². The lowest BCUT2D eigenvalue weighted by Crippen LogP contribution is -2.30. The number of amides is 1. The van der Waals surface area contributed by atoms with Gasteiger partial charge in [0.25, 0.3) is 11.6 Å². The zero-order valence-corrected chi connectivity index (χ0v) is 15.8. The van der Waals surface area contributed by atoms with Crippen molar-refractivity contribution in [1.29, 1.82) is 0 Å². The number of nitro benzene ring substituents is 1. The molecule has 8 heteroatoms. The summed E-state index contributed by atoms with van der Waals surface area (Å²) in [6, 6.07) is 10.8. The second-order valence-corrected chi connectivity index (χ2v) is 6.64. The molecule has 0 aliphatic rings. The minimum atomic E-state index is -1.11. The summed E-state index contributed by atoms with van der Waals surface area (Å²) < 4.78 is 5.09. The molecule has 0 saturated carbocycles. The van der Waals surface area contributed by atoms with Gasteiger partial charge in [-0.1, -0.05) is 37.6 Å². The smallest absolute Gasteiger partial charge is 0.340 e. The summed E-state index contributed by atoms with van der Waals surface area (Å²) in [5.41, 5.74) is 1.23. The average molecular weight is 391 g/mol. The molecule has 0 spiro atoms. The molecule has 2 aromatic carbocycles. The first-order valence-electron chi connectivity index (χ1n) is 8.24. The summed E-state index contributed by atoms with van der Waals surface area (Å²) in [4.78, 5) is 34.6. The number of carbonyl (C=O) groups is 2. The molecule has 142 valence electrons. The molecule has 0 heterocycles. The Morgan fingerprint density at radius 2 is 1.74 bits per heavy atom. The fourth-order valence-corrected chi connectivity index (χ4v) is 2.45. The molecule has 7 nitrogen and oxygen atoms in total. The maximum Gasteiger partial charge on any atom is 0.340 e. The third-order valence-electron chi connectivity index (χ3n) is 3.88. The summed E-state index contributed by atoms with van der Waals surface area (Å²) in [5, 5.41) is 13.5. The first-order valence-corrected chi connectivity index (χ1v) is 8.62. The van der Waals surface area contributed by atoms with Crippen LogP contribution in [0.4, 0.5) is 11.4 Å². The van der Waals surface area contributed by atoms with Crippen LogP contribution in [0.3, 0.4) is 0 Å². The monoisotopic (exact) mass is 390 g/mol. The number of anilines is 1. The van der Waals surface area contributed by atoms with Gasteiger partial charge < -0.3 is 10.1 Å². The largest absolute Gasteiger partial charge is 0.449 e. The maximum absolute atomic E-state index is 12.2. The lowest BCUT2D eigenvalue weighted by Gasteiger charge is -2.14. The Balaban J connectivity index is 2.04. The second-order valence-electron chi connectivity index (χ2n) is 6.23. The zero-order chi connectivity index (χ0) is 20.1. The van der Waals surface area contributed by atoms with E-state index in [2.05, 4.69) is 19.2 Å². The molecule has 27 heavy (non-hydrogen) atoms. The predicted octanol–water partition coefficient (Wildman–Crippen LogP) is 4.56. The number of nitrogens with zero attached hydrogens (tertiary/aromatic N) is 1. The number of carbonyl (C=O) groups excluding carboxylic acids is 2. The van der Waals surface area contributed by atoms with Crippen LogP contribution in [0.2, 0.25) is 5.02 Å². The van der Waals surface area contributed by atoms with Crippen molar-refractivity contribution in [2.24, 2.45) is 0 Å². The van der Waals surface area contributed by atoms with Crippen molar-refractivity contribution < 1.29 is 19.2 Å². The number of hydrogen-bond donors (Lipinski definition) is 1. The number of ether oxygens (including phenoxy) is 1. The molecule has 1 N–H and O–H groups in total. The van der Waals surface area contributed by atoms with E-state index in [-0.39, 0.29) is 16.3 Å². The van der Waals surface area contributed by atoms with Crippen molar-refractivity contribution in [1.82, 2.24) is 0 Å². The standard InChI is InChI=1S/C19H19ClN2O5/c1-11(2)13-4-6-14(7-5-13)21-18(23)12(3)27-19(24)16-10-15(22(25)26)8-9-17(16)20/h4-12H,1-3H3,(H,21,23)/t12-/m1/s1. The second kappa shape index (κ2) is 8.64. The highest BCUT2D eigenvalue weighted by Gasteiger charge is 2.22. The topological polar surface area (TPSA) is 98.5 Å². The first-order chi connectivity index (χ1) is 12.7. The molecule has 2 rings (SSSR count). The number of nitro groups is 1. The van der Waals surface area contributed by atoms with Crippen molar-refractivity contribution >= 4 is 34.9 Å². The number of nitrogens with one attached hydrogen (secondary N) is 1. The third kappa shape index (κ3) is 5.27. The molecular formula is C19H19ClN2O5. The highest BCUT2D eigenvalue weighted by Crippen LogP contribution is 2.23. The van der Waals surface area contributed by atoms with Gasteiger partial charge in [0.15, 0.2) is 6.10 Å². The quantitative estimate of drug-likeness (QED) is 0.443. The van der Waals surface area contributed by atoms with Gasteiger partial charge in [0.2, 0.25) is 0 Å². The van der Waals surface area contributed by atoms with Gasteiger partial charge in [-0.2, -0.15) is 0 Å². The van der Waals surface area contributed by atoms with E-state index >= 15 is 0 Å². The van der Waals surface area contributed by atoms with Crippen LogP contribution in [-0.2, 0) is 9.53 Å². The van der Waals surface area contributed by atoms with Gasteiger partial charge in [-0.3, -0.25) is 14.9 Å². The van der Waals surface area contributed by atoms with Crippen LogP contribution in [0.5, 0.6) is 0 Å². The highest BCUT2D eigenvalue weighted by atomic mass is 35.5. The molecule has 0 radical (unpaired) electrons. The van der Waals surface area contributed by atoms with Crippen molar-refractivity contribution in [3.63, 3.8) is 0 Å². The Morgan fingerprint density at radius 3 is 2.30 bits per heavy atom. The minimum absolute atomic E-state index is 0.00230. The predicted molar refractivity (Wildman–Crippen MR) is 102 cm³/mol. The Hall–Kier alpha value is -2.93. The van der Waals surface area contributed by atoms with Crippen LogP contribution in [0.25, 0.3) is 0 Å².